The van der Waals surface area contributed by atoms with Crippen molar-refractivity contribution in [3.8, 4) is 11.5 Å². The van der Waals surface area contributed by atoms with Gasteiger partial charge >= 0.3 is 11.9 Å². The van der Waals surface area contributed by atoms with Gasteiger partial charge in [0.1, 0.15) is 24.2 Å². The van der Waals surface area contributed by atoms with Crippen molar-refractivity contribution in [2.24, 2.45) is 0 Å². The molecule has 0 aliphatic rings. The quantitative estimate of drug-likeness (QED) is 0.204. The van der Waals surface area contributed by atoms with Gasteiger partial charge in [0.25, 0.3) is 0 Å². The molecule has 8 nitrogen and oxygen atoms in total. The monoisotopic (exact) mass is 511 g/mol. The topological polar surface area (TPSA) is 101 Å². The molecule has 0 radical (unpaired) electrons. The van der Waals surface area contributed by atoms with Crippen LogP contribution in [0.1, 0.15) is 15.9 Å². The number of rotatable bonds is 12. The summed E-state index contributed by atoms with van der Waals surface area (Å²) in [6.45, 7) is 1.14. The maximum Gasteiger partial charge on any atom is 0.343 e. The molecule has 0 saturated heterocycles. The highest BCUT2D eigenvalue weighted by molar-refractivity contribution is 5.92. The Morgan fingerprint density at radius 1 is 0.921 bits per heavy atom. The summed E-state index contributed by atoms with van der Waals surface area (Å²) < 4.78 is 11.4. The van der Waals surface area contributed by atoms with Gasteiger partial charge in [0.2, 0.25) is 0 Å². The first kappa shape index (κ1) is 26.2. The van der Waals surface area contributed by atoms with Gasteiger partial charge in [0, 0.05) is 19.7 Å². The molecule has 8 heteroatoms. The molecular weight excluding hydrogens is 482 g/mol. The number of nitrogens with zero attached hydrogens (tertiary/aromatic N) is 2. The van der Waals surface area contributed by atoms with Gasteiger partial charge in [-0.25, -0.2) is 14.6 Å². The number of benzene rings is 3. The van der Waals surface area contributed by atoms with E-state index in [0.717, 1.165) is 11.4 Å². The average molecular weight is 512 g/mol. The smallest absolute Gasteiger partial charge is 0.343 e. The SMILES string of the molecule is CN(CCOc1ccc(CC(Nc2ccccc2OC(=O)c2ccccc2)C(=O)O)cc1)c1ccccn1. The number of hydrogen-bond acceptors (Lipinski definition) is 7. The average Bonchev–Trinajstić information content (AvgIpc) is 2.95. The van der Waals surface area contributed by atoms with Gasteiger partial charge in [-0.05, 0) is 54.1 Å². The number of carbonyl (C=O) groups excluding carboxylic acids is 1. The first-order valence-corrected chi connectivity index (χ1v) is 12.2. The highest BCUT2D eigenvalue weighted by atomic mass is 16.5. The number of nitrogens with one attached hydrogen (secondary N) is 1. The third kappa shape index (κ3) is 7.33. The van der Waals surface area contributed by atoms with Crippen molar-refractivity contribution in [1.29, 1.82) is 0 Å². The number of carboxylic acid groups (broad SMARTS) is 1. The van der Waals surface area contributed by atoms with Crippen molar-refractivity contribution in [2.45, 2.75) is 12.5 Å². The van der Waals surface area contributed by atoms with Crippen LogP contribution < -0.4 is 19.7 Å². The van der Waals surface area contributed by atoms with E-state index >= 15 is 0 Å². The molecule has 0 amide bonds. The number of carboxylic acids is 1. The van der Waals surface area contributed by atoms with Crippen molar-refractivity contribution >= 4 is 23.4 Å². The van der Waals surface area contributed by atoms with Crippen molar-refractivity contribution < 1.29 is 24.2 Å². The van der Waals surface area contributed by atoms with Gasteiger partial charge in [-0.1, -0.05) is 48.5 Å². The van der Waals surface area contributed by atoms with Crippen LogP contribution in [0.4, 0.5) is 11.5 Å². The van der Waals surface area contributed by atoms with Crippen molar-refractivity contribution in [3.05, 3.63) is 114 Å². The van der Waals surface area contributed by atoms with E-state index in [1.807, 2.05) is 60.5 Å². The normalized spacial score (nSPS) is 11.3. The fourth-order valence-corrected chi connectivity index (χ4v) is 3.75. The molecule has 0 saturated carbocycles. The Hall–Kier alpha value is -4.85. The van der Waals surface area contributed by atoms with Crippen LogP contribution in [0.5, 0.6) is 11.5 Å². The Kier molecular flexibility index (Phi) is 8.91. The lowest BCUT2D eigenvalue weighted by Crippen LogP contribution is -2.31. The summed E-state index contributed by atoms with van der Waals surface area (Å²) in [5, 5.41) is 12.9. The number of esters is 1. The summed E-state index contributed by atoms with van der Waals surface area (Å²) in [7, 11) is 1.95. The summed E-state index contributed by atoms with van der Waals surface area (Å²) in [5.41, 5.74) is 1.64. The first-order valence-electron chi connectivity index (χ1n) is 12.2. The maximum absolute atomic E-state index is 12.5. The minimum atomic E-state index is -1.02. The third-order valence-corrected chi connectivity index (χ3v) is 5.83. The molecule has 2 N–H and O–H groups in total. The van der Waals surface area contributed by atoms with E-state index in [1.165, 1.54) is 0 Å². The van der Waals surface area contributed by atoms with Gasteiger partial charge in [0.15, 0.2) is 5.75 Å². The summed E-state index contributed by atoms with van der Waals surface area (Å²) in [4.78, 5) is 30.9. The van der Waals surface area contributed by atoms with E-state index in [-0.39, 0.29) is 12.2 Å². The second-order valence-electron chi connectivity index (χ2n) is 8.59. The van der Waals surface area contributed by atoms with Crippen LogP contribution in [-0.4, -0.2) is 48.3 Å². The van der Waals surface area contributed by atoms with E-state index in [4.69, 9.17) is 9.47 Å². The van der Waals surface area contributed by atoms with Crippen molar-refractivity contribution in [1.82, 2.24) is 4.98 Å². The van der Waals surface area contributed by atoms with E-state index in [0.29, 0.717) is 30.2 Å². The molecule has 1 atom stereocenters. The lowest BCUT2D eigenvalue weighted by molar-refractivity contribution is -0.137. The van der Waals surface area contributed by atoms with Crippen LogP contribution in [0.15, 0.2) is 103 Å². The highest BCUT2D eigenvalue weighted by Gasteiger charge is 2.20. The van der Waals surface area contributed by atoms with Crippen LogP contribution >= 0.6 is 0 Å². The van der Waals surface area contributed by atoms with Crippen molar-refractivity contribution in [3.63, 3.8) is 0 Å². The Bertz CT molecular complexity index is 1330. The summed E-state index contributed by atoms with van der Waals surface area (Å²) in [6, 6.07) is 27.5. The molecule has 4 aromatic rings. The number of para-hydroxylation sites is 2. The molecule has 0 aliphatic carbocycles. The fourth-order valence-electron chi connectivity index (χ4n) is 3.75. The molecule has 0 aliphatic heterocycles. The molecule has 0 fully saturated rings. The lowest BCUT2D eigenvalue weighted by Gasteiger charge is -2.19. The fraction of sp³-hybridized carbons (Fsp3) is 0.167. The van der Waals surface area contributed by atoms with Crippen LogP contribution in [0.25, 0.3) is 0 Å². The molecule has 1 unspecified atom stereocenters. The summed E-state index contributed by atoms with van der Waals surface area (Å²) in [6.07, 6.45) is 1.97. The Morgan fingerprint density at radius 3 is 2.34 bits per heavy atom. The molecule has 3 aromatic carbocycles. The van der Waals surface area contributed by atoms with Gasteiger partial charge in [-0.3, -0.25) is 0 Å². The van der Waals surface area contributed by atoms with E-state index in [2.05, 4.69) is 10.3 Å². The zero-order valence-corrected chi connectivity index (χ0v) is 21.0. The van der Waals surface area contributed by atoms with Gasteiger partial charge < -0.3 is 24.8 Å². The largest absolute Gasteiger partial charge is 0.492 e. The minimum absolute atomic E-state index is 0.221. The molecule has 38 heavy (non-hydrogen) atoms. The number of aromatic nitrogens is 1. The molecule has 4 rings (SSSR count). The van der Waals surface area contributed by atoms with Crippen LogP contribution in [0.2, 0.25) is 0 Å². The zero-order chi connectivity index (χ0) is 26.7. The minimum Gasteiger partial charge on any atom is -0.492 e. The predicted octanol–water partition coefficient (Wildman–Crippen LogP) is 4.92. The van der Waals surface area contributed by atoms with Crippen LogP contribution in [0.3, 0.4) is 0 Å². The number of pyridine rings is 1. The van der Waals surface area contributed by atoms with E-state index < -0.39 is 18.0 Å². The van der Waals surface area contributed by atoms with Gasteiger partial charge in [-0.2, -0.15) is 0 Å². The molecule has 1 heterocycles. The Labute approximate surface area is 221 Å². The standard InChI is InChI=1S/C30H29N3O5/c1-33(28-13-7-8-18-31-28)19-20-37-24-16-14-22(15-17-24)21-26(29(34)35)32-25-11-5-6-12-27(25)38-30(36)23-9-3-2-4-10-23/h2-18,26,32H,19-21H2,1H3,(H,34,35). The summed E-state index contributed by atoms with van der Waals surface area (Å²) >= 11 is 0. The molecule has 0 spiro atoms. The zero-order valence-electron chi connectivity index (χ0n) is 21.0. The molecule has 0 bridgehead atoms. The number of likely N-dealkylation sites (N-methyl/N-ethyl adjacent to an activating group) is 1. The predicted molar refractivity (Wildman–Crippen MR) is 146 cm³/mol. The number of hydrogen-bond donors (Lipinski definition) is 2. The van der Waals surface area contributed by atoms with E-state index in [9.17, 15) is 14.7 Å². The highest BCUT2D eigenvalue weighted by Crippen LogP contribution is 2.26. The number of anilines is 2. The van der Waals surface area contributed by atoms with Gasteiger partial charge in [0.05, 0.1) is 17.8 Å². The first-order chi connectivity index (χ1) is 18.5. The lowest BCUT2D eigenvalue weighted by atomic mass is 10.1. The molecular formula is C30H29N3O5. The summed E-state index contributed by atoms with van der Waals surface area (Å²) in [5.74, 6) is 0.281. The van der Waals surface area contributed by atoms with Crippen LogP contribution in [0, 0.1) is 0 Å². The van der Waals surface area contributed by atoms with E-state index in [1.54, 1.807) is 54.7 Å². The Balaban J connectivity index is 1.34. The maximum atomic E-state index is 12.5. The number of aliphatic carboxylic acids is 1. The van der Waals surface area contributed by atoms with Crippen molar-refractivity contribution in [2.75, 3.05) is 30.4 Å². The van der Waals surface area contributed by atoms with Crippen LogP contribution in [-0.2, 0) is 11.2 Å². The molecule has 194 valence electrons. The number of ether oxygens (including phenoxy) is 2. The third-order valence-electron chi connectivity index (χ3n) is 5.83. The Morgan fingerprint density at radius 2 is 1.63 bits per heavy atom. The molecule has 1 aromatic heterocycles. The second kappa shape index (κ2) is 12.9. The van der Waals surface area contributed by atoms with Gasteiger partial charge in [-0.15, -0.1) is 0 Å². The number of carbonyl (C=O) groups is 2. The second-order valence-corrected chi connectivity index (χ2v) is 8.59.